The first-order valence-corrected chi connectivity index (χ1v) is 11.6. The van der Waals surface area contributed by atoms with Gasteiger partial charge in [0.05, 0.1) is 11.1 Å². The molecule has 4 aromatic rings. The van der Waals surface area contributed by atoms with Crippen LogP contribution >= 0.6 is 15.9 Å². The summed E-state index contributed by atoms with van der Waals surface area (Å²) < 4.78 is 13.3. The molecule has 0 fully saturated rings. The molecule has 2 amide bonds. The normalized spacial score (nSPS) is 17.8. The van der Waals surface area contributed by atoms with Gasteiger partial charge in [0.2, 0.25) is 0 Å². The van der Waals surface area contributed by atoms with Gasteiger partial charge in [0, 0.05) is 38.8 Å². The van der Waals surface area contributed by atoms with Crippen molar-refractivity contribution in [3.63, 3.8) is 0 Å². The third-order valence-corrected chi connectivity index (χ3v) is 7.35. The molecule has 0 unspecified atom stereocenters. The number of hydrogen-bond donors (Lipinski definition) is 0. The van der Waals surface area contributed by atoms with Gasteiger partial charge in [-0.05, 0) is 48.9 Å². The third kappa shape index (κ3) is 2.02. The summed E-state index contributed by atoms with van der Waals surface area (Å²) in [6.07, 6.45) is 7.18. The molecule has 7 heteroatoms. The molecule has 162 valence electrons. The maximum Gasteiger partial charge on any atom is 0.265 e. The minimum absolute atomic E-state index is 0.266. The van der Waals surface area contributed by atoms with Crippen LogP contribution in [0.15, 0.2) is 73.3 Å². The fraction of sp³-hybridized carbons (Fsp3) is 0.0370. The molecule has 0 bridgehead atoms. The zero-order valence-electron chi connectivity index (χ0n) is 17.7. The fourth-order valence-electron chi connectivity index (χ4n) is 5.36. The summed E-state index contributed by atoms with van der Waals surface area (Å²) in [6.45, 7) is 2.00. The van der Waals surface area contributed by atoms with E-state index < -0.39 is 0 Å². The molecule has 6 nitrogen and oxygen atoms in total. The van der Waals surface area contributed by atoms with Crippen molar-refractivity contribution in [2.24, 2.45) is 0 Å². The molecule has 0 radical (unpaired) electrons. The summed E-state index contributed by atoms with van der Waals surface area (Å²) >= 11 is 3.48. The summed E-state index contributed by atoms with van der Waals surface area (Å²) in [4.78, 5) is 30.3. The van der Waals surface area contributed by atoms with Crippen LogP contribution in [0.25, 0.3) is 45.5 Å². The van der Waals surface area contributed by atoms with Crippen LogP contribution in [0.4, 0.5) is 0 Å². The molecule has 2 aromatic carbocycles. The van der Waals surface area contributed by atoms with Crippen LogP contribution in [0, 0.1) is 6.92 Å². The highest BCUT2D eigenvalue weighted by Gasteiger charge is 2.52. The number of fused-ring (bicyclic) bond motifs is 11. The number of hydrogen-bond acceptors (Lipinski definition) is 4. The summed E-state index contributed by atoms with van der Waals surface area (Å²) in [5.74, 6) is 0.523. The Balaban J connectivity index is 1.44. The van der Waals surface area contributed by atoms with Crippen molar-refractivity contribution in [1.29, 1.82) is 0 Å². The van der Waals surface area contributed by atoms with Crippen LogP contribution in [0.1, 0.15) is 28.2 Å². The smallest absolute Gasteiger partial charge is 0.265 e. The number of benzene rings is 2. The van der Waals surface area contributed by atoms with Crippen LogP contribution < -0.4 is 0 Å². The van der Waals surface area contributed by atoms with Gasteiger partial charge in [-0.2, -0.15) is 0 Å². The lowest BCUT2D eigenvalue weighted by atomic mass is 10.0. The van der Waals surface area contributed by atoms with Crippen molar-refractivity contribution < 1.29 is 18.4 Å². The lowest BCUT2D eigenvalue weighted by Gasteiger charge is -2.23. The van der Waals surface area contributed by atoms with Gasteiger partial charge in [-0.25, -0.2) is 0 Å². The second kappa shape index (κ2) is 5.87. The van der Waals surface area contributed by atoms with Gasteiger partial charge in [0.1, 0.15) is 22.6 Å². The van der Waals surface area contributed by atoms with Gasteiger partial charge >= 0.3 is 0 Å². The molecule has 6 heterocycles. The van der Waals surface area contributed by atoms with E-state index in [1.807, 2.05) is 55.5 Å². The second-order valence-electron chi connectivity index (χ2n) is 8.76. The molecular weight excluding hydrogens is 496 g/mol. The van der Waals surface area contributed by atoms with Gasteiger partial charge in [-0.15, -0.1) is 0 Å². The lowest BCUT2D eigenvalue weighted by Crippen LogP contribution is -2.26. The Morgan fingerprint density at radius 3 is 1.85 bits per heavy atom. The Morgan fingerprint density at radius 2 is 1.26 bits per heavy atom. The molecular formula is C27H13BrN2O4. The summed E-state index contributed by atoms with van der Waals surface area (Å²) in [7, 11) is 0. The number of rotatable bonds is 0. The maximum absolute atomic E-state index is 13.7. The SMILES string of the molecule is Cc1ccc2c3c(oc2c1)C1=C2C(=O)N4C=Cc5c(oc6cc(Br)ccc56)C4=C2C(=O)N1C=C3. The highest BCUT2D eigenvalue weighted by atomic mass is 79.9. The van der Waals surface area contributed by atoms with Crippen LogP contribution in [0.2, 0.25) is 0 Å². The van der Waals surface area contributed by atoms with E-state index in [0.29, 0.717) is 39.6 Å². The summed E-state index contributed by atoms with van der Waals surface area (Å²) in [6, 6.07) is 11.8. The minimum Gasteiger partial charge on any atom is -0.454 e. The fourth-order valence-corrected chi connectivity index (χ4v) is 5.70. The monoisotopic (exact) mass is 508 g/mol. The molecule has 0 saturated heterocycles. The molecule has 34 heavy (non-hydrogen) atoms. The van der Waals surface area contributed by atoms with Crippen LogP contribution in [0.5, 0.6) is 0 Å². The largest absolute Gasteiger partial charge is 0.454 e. The maximum atomic E-state index is 13.7. The third-order valence-electron chi connectivity index (χ3n) is 6.86. The van der Waals surface area contributed by atoms with Crippen LogP contribution in [-0.4, -0.2) is 21.6 Å². The zero-order valence-corrected chi connectivity index (χ0v) is 19.3. The Morgan fingerprint density at radius 1 is 0.735 bits per heavy atom. The number of carbonyl (C=O) groups excluding carboxylic acids is 2. The van der Waals surface area contributed by atoms with Crippen molar-refractivity contribution in [1.82, 2.24) is 9.80 Å². The highest BCUT2D eigenvalue weighted by molar-refractivity contribution is 9.10. The highest BCUT2D eigenvalue weighted by Crippen LogP contribution is 2.52. The molecule has 0 saturated carbocycles. The second-order valence-corrected chi connectivity index (χ2v) is 9.67. The van der Waals surface area contributed by atoms with Crippen LogP contribution in [0.3, 0.4) is 0 Å². The van der Waals surface area contributed by atoms with Crippen molar-refractivity contribution in [3.05, 3.63) is 92.6 Å². The molecule has 0 N–H and O–H groups in total. The molecule has 8 rings (SSSR count). The van der Waals surface area contributed by atoms with E-state index in [9.17, 15) is 9.59 Å². The Labute approximate surface area is 200 Å². The first-order chi connectivity index (χ1) is 16.5. The predicted molar refractivity (Wildman–Crippen MR) is 130 cm³/mol. The van der Waals surface area contributed by atoms with Crippen LogP contribution in [-0.2, 0) is 9.59 Å². The van der Waals surface area contributed by atoms with Crippen molar-refractivity contribution in [3.8, 4) is 0 Å². The molecule has 4 aliphatic rings. The average molecular weight is 509 g/mol. The number of halogens is 1. The first-order valence-electron chi connectivity index (χ1n) is 10.8. The summed E-state index contributed by atoms with van der Waals surface area (Å²) in [5, 5.41) is 1.88. The van der Waals surface area contributed by atoms with Gasteiger partial charge in [0.25, 0.3) is 11.8 Å². The predicted octanol–water partition coefficient (Wildman–Crippen LogP) is 6.03. The number of carbonyl (C=O) groups is 2. The zero-order chi connectivity index (χ0) is 22.9. The molecule has 2 aromatic heterocycles. The number of amides is 2. The van der Waals surface area contributed by atoms with Crippen molar-refractivity contribution >= 4 is 73.2 Å². The van der Waals surface area contributed by atoms with Gasteiger partial charge in [0.15, 0.2) is 11.5 Å². The van der Waals surface area contributed by atoms with E-state index in [4.69, 9.17) is 8.83 Å². The van der Waals surface area contributed by atoms with E-state index in [1.165, 1.54) is 9.80 Å². The number of nitrogens with zero attached hydrogens (tertiary/aromatic N) is 2. The Kier molecular flexibility index (Phi) is 3.17. The van der Waals surface area contributed by atoms with E-state index in [2.05, 4.69) is 15.9 Å². The van der Waals surface area contributed by atoms with Crippen molar-refractivity contribution in [2.75, 3.05) is 0 Å². The molecule has 0 aliphatic carbocycles. The number of furan rings is 2. The topological polar surface area (TPSA) is 66.9 Å². The minimum atomic E-state index is -0.266. The van der Waals surface area contributed by atoms with E-state index in [-0.39, 0.29) is 11.8 Å². The Bertz CT molecular complexity index is 1690. The number of aryl methyl sites for hydroxylation is 1. The van der Waals surface area contributed by atoms with Gasteiger partial charge < -0.3 is 8.83 Å². The van der Waals surface area contributed by atoms with E-state index in [0.717, 1.165) is 37.5 Å². The Hall–Kier alpha value is -4.10. The standard InChI is InChI=1S/C27H13BrN2O4/c1-12-2-4-14-16-6-8-29-22(24(16)33-18(14)10-12)20-21(27(29)32)23-25-17(7-9-30(23)26(20)31)15-5-3-13(28)11-19(15)34-25/h2-11H,1H3. The van der Waals surface area contributed by atoms with Gasteiger partial charge in [-0.3, -0.25) is 19.4 Å². The molecule has 4 aliphatic heterocycles. The average Bonchev–Trinajstić information content (AvgIpc) is 3.52. The van der Waals surface area contributed by atoms with Crippen molar-refractivity contribution in [2.45, 2.75) is 6.92 Å². The quantitative estimate of drug-likeness (QED) is 0.291. The first kappa shape index (κ1) is 18.3. The summed E-state index contributed by atoms with van der Waals surface area (Å²) in [5.41, 5.74) is 5.88. The van der Waals surface area contributed by atoms with E-state index >= 15 is 0 Å². The van der Waals surface area contributed by atoms with E-state index in [1.54, 1.807) is 12.4 Å². The van der Waals surface area contributed by atoms with Gasteiger partial charge in [-0.1, -0.05) is 28.1 Å². The molecule has 0 spiro atoms. The molecule has 0 atom stereocenters. The lowest BCUT2D eigenvalue weighted by molar-refractivity contribution is -0.122.